The molecule has 1 atom stereocenters. The van der Waals surface area contributed by atoms with Gasteiger partial charge in [-0.2, -0.15) is 5.10 Å². The van der Waals surface area contributed by atoms with Crippen molar-refractivity contribution in [3.63, 3.8) is 0 Å². The van der Waals surface area contributed by atoms with Gasteiger partial charge in [0.2, 0.25) is 0 Å². The minimum absolute atomic E-state index is 0.116. The highest BCUT2D eigenvalue weighted by molar-refractivity contribution is 6.30. The maximum absolute atomic E-state index is 12.8. The zero-order chi connectivity index (χ0) is 19.3. The van der Waals surface area contributed by atoms with Crippen LogP contribution >= 0.6 is 11.6 Å². The third-order valence-electron chi connectivity index (χ3n) is 5.49. The van der Waals surface area contributed by atoms with Gasteiger partial charge in [0.25, 0.3) is 0 Å². The van der Waals surface area contributed by atoms with Crippen LogP contribution in [-0.2, 0) is 6.42 Å². The van der Waals surface area contributed by atoms with Crippen molar-refractivity contribution in [2.24, 2.45) is 0 Å². The first kappa shape index (κ1) is 17.1. The Morgan fingerprint density at radius 2 is 1.79 bits per heavy atom. The quantitative estimate of drug-likeness (QED) is 0.470. The normalized spacial score (nSPS) is 16.4. The van der Waals surface area contributed by atoms with E-state index in [9.17, 15) is 4.79 Å². The highest BCUT2D eigenvalue weighted by atomic mass is 35.5. The number of hydrogen-bond acceptors (Lipinski definition) is 3. The molecule has 0 fully saturated rings. The third kappa shape index (κ3) is 2.72. The summed E-state index contributed by atoms with van der Waals surface area (Å²) in [7, 11) is 0. The molecule has 5 heteroatoms. The van der Waals surface area contributed by atoms with Crippen molar-refractivity contribution in [3.8, 4) is 11.1 Å². The smallest absolute Gasteiger partial charge is 0.166 e. The number of ketones is 1. The summed E-state index contributed by atoms with van der Waals surface area (Å²) in [6.45, 7) is 1.99. The summed E-state index contributed by atoms with van der Waals surface area (Å²) >= 11 is 6.03. The molecule has 0 saturated carbocycles. The zero-order valence-corrected chi connectivity index (χ0v) is 16.1. The Kier molecular flexibility index (Phi) is 4.02. The molecule has 2 heterocycles. The van der Waals surface area contributed by atoms with Crippen LogP contribution in [0.3, 0.4) is 0 Å². The van der Waals surface area contributed by atoms with Crippen molar-refractivity contribution in [2.75, 3.05) is 0 Å². The molecule has 1 aliphatic carbocycles. The van der Waals surface area contributed by atoms with Crippen LogP contribution in [-0.4, -0.2) is 20.4 Å². The lowest BCUT2D eigenvalue weighted by atomic mass is 9.82. The maximum Gasteiger partial charge on any atom is 0.166 e. The number of carbonyl (C=O) groups excluding carboxylic acids is 1. The summed E-state index contributed by atoms with van der Waals surface area (Å²) in [5.74, 6) is 0.234. The van der Waals surface area contributed by atoms with Crippen molar-refractivity contribution < 1.29 is 4.79 Å². The van der Waals surface area contributed by atoms with Gasteiger partial charge in [-0.15, -0.1) is 0 Å². The van der Waals surface area contributed by atoms with Crippen LogP contribution in [0.25, 0.3) is 16.8 Å². The summed E-state index contributed by atoms with van der Waals surface area (Å²) in [6, 6.07) is 17.9. The zero-order valence-electron chi connectivity index (χ0n) is 15.4. The van der Waals surface area contributed by atoms with E-state index >= 15 is 0 Å². The summed E-state index contributed by atoms with van der Waals surface area (Å²) < 4.78 is 1.87. The van der Waals surface area contributed by atoms with Crippen molar-refractivity contribution in [2.45, 2.75) is 25.7 Å². The van der Waals surface area contributed by atoms with E-state index in [4.69, 9.17) is 16.7 Å². The van der Waals surface area contributed by atoms with Gasteiger partial charge in [0.05, 0.1) is 17.0 Å². The average molecular weight is 388 g/mol. The molecule has 2 aromatic carbocycles. The van der Waals surface area contributed by atoms with E-state index in [0.29, 0.717) is 17.0 Å². The van der Waals surface area contributed by atoms with Gasteiger partial charge in [0.15, 0.2) is 11.4 Å². The molecular weight excluding hydrogens is 370 g/mol. The molecule has 5 rings (SSSR count). The van der Waals surface area contributed by atoms with Gasteiger partial charge in [0, 0.05) is 23.2 Å². The van der Waals surface area contributed by atoms with Crippen LogP contribution in [0.1, 0.15) is 39.6 Å². The lowest BCUT2D eigenvalue weighted by Crippen LogP contribution is -2.22. The average Bonchev–Trinajstić information content (AvgIpc) is 3.05. The Balaban J connectivity index is 1.66. The molecule has 0 aliphatic heterocycles. The Hall–Kier alpha value is -2.98. The van der Waals surface area contributed by atoms with Gasteiger partial charge in [-0.3, -0.25) is 4.79 Å². The molecule has 2 aromatic heterocycles. The fraction of sp³-hybridized carbons (Fsp3) is 0.174. The Bertz CT molecular complexity index is 1200. The van der Waals surface area contributed by atoms with E-state index in [1.165, 1.54) is 0 Å². The molecular formula is C23H18ClN3O. The monoisotopic (exact) mass is 387 g/mol. The minimum Gasteiger partial charge on any atom is -0.294 e. The van der Waals surface area contributed by atoms with E-state index < -0.39 is 0 Å². The number of Topliss-reactive ketones (excluding diaryl/α,β-unsaturated/α-hetero) is 1. The molecule has 0 bridgehead atoms. The number of hydrogen-bond donors (Lipinski definition) is 0. The summed E-state index contributed by atoms with van der Waals surface area (Å²) in [5, 5.41) is 5.46. The largest absolute Gasteiger partial charge is 0.294 e. The van der Waals surface area contributed by atoms with Crippen molar-refractivity contribution in [1.82, 2.24) is 14.6 Å². The molecule has 138 valence electrons. The SMILES string of the molecule is Cc1nn2c3c(cnc2c1-c1ccccc1)C(=O)C[C@H](c1ccc(Cl)cc1)C3. The van der Waals surface area contributed by atoms with Crippen molar-refractivity contribution in [3.05, 3.63) is 88.3 Å². The molecule has 1 aliphatic rings. The molecule has 0 amide bonds. The first-order valence-electron chi connectivity index (χ1n) is 9.33. The molecule has 0 unspecified atom stereocenters. The first-order chi connectivity index (χ1) is 13.6. The van der Waals surface area contributed by atoms with E-state index in [1.54, 1.807) is 6.20 Å². The number of carbonyl (C=O) groups is 1. The van der Waals surface area contributed by atoms with Gasteiger partial charge >= 0.3 is 0 Å². The number of nitrogens with zero attached hydrogens (tertiary/aromatic N) is 3. The second-order valence-electron chi connectivity index (χ2n) is 7.26. The van der Waals surface area contributed by atoms with E-state index in [-0.39, 0.29) is 11.7 Å². The van der Waals surface area contributed by atoms with Crippen LogP contribution < -0.4 is 0 Å². The predicted molar refractivity (Wildman–Crippen MR) is 110 cm³/mol. The highest BCUT2D eigenvalue weighted by Crippen LogP contribution is 2.35. The van der Waals surface area contributed by atoms with Gasteiger partial charge in [-0.25, -0.2) is 9.50 Å². The minimum atomic E-state index is 0.116. The summed E-state index contributed by atoms with van der Waals surface area (Å²) in [4.78, 5) is 17.4. The second kappa shape index (κ2) is 6.57. The third-order valence-corrected chi connectivity index (χ3v) is 5.75. The van der Waals surface area contributed by atoms with Gasteiger partial charge in [-0.1, -0.05) is 54.1 Å². The van der Waals surface area contributed by atoms with Crippen molar-refractivity contribution in [1.29, 1.82) is 0 Å². The Morgan fingerprint density at radius 3 is 2.54 bits per heavy atom. The lowest BCUT2D eigenvalue weighted by molar-refractivity contribution is 0.0962. The molecule has 0 saturated heterocycles. The van der Waals surface area contributed by atoms with Crippen LogP contribution in [0, 0.1) is 6.92 Å². The Labute approximate surface area is 167 Å². The fourth-order valence-corrected chi connectivity index (χ4v) is 4.24. The standard InChI is InChI=1S/C23H18ClN3O/c1-14-22(16-5-3-2-4-6-16)23-25-13-19-20(27(23)26-14)11-17(12-21(19)28)15-7-9-18(24)10-8-15/h2-10,13,17H,11-12H2,1H3/t17-/m1/s1. The van der Waals surface area contributed by atoms with Gasteiger partial charge in [0.1, 0.15) is 0 Å². The number of fused-ring (bicyclic) bond motifs is 3. The number of halogens is 1. The van der Waals surface area contributed by atoms with Crippen LogP contribution in [0.15, 0.2) is 60.8 Å². The van der Waals surface area contributed by atoms with Crippen LogP contribution in [0.5, 0.6) is 0 Å². The highest BCUT2D eigenvalue weighted by Gasteiger charge is 2.30. The Morgan fingerprint density at radius 1 is 1.04 bits per heavy atom. The summed E-state index contributed by atoms with van der Waals surface area (Å²) in [5.41, 5.74) is 6.55. The van der Waals surface area contributed by atoms with Crippen LogP contribution in [0.4, 0.5) is 0 Å². The number of aryl methyl sites for hydroxylation is 1. The van der Waals surface area contributed by atoms with E-state index in [0.717, 1.165) is 40.1 Å². The second-order valence-corrected chi connectivity index (χ2v) is 7.70. The molecule has 0 radical (unpaired) electrons. The van der Waals surface area contributed by atoms with Crippen LogP contribution in [0.2, 0.25) is 5.02 Å². The van der Waals surface area contributed by atoms with Gasteiger partial charge in [-0.05, 0) is 42.5 Å². The lowest BCUT2D eigenvalue weighted by Gasteiger charge is -2.24. The predicted octanol–water partition coefficient (Wildman–Crippen LogP) is 5.27. The first-order valence-corrected chi connectivity index (χ1v) is 9.71. The molecule has 4 aromatic rings. The van der Waals surface area contributed by atoms with E-state index in [1.807, 2.05) is 53.9 Å². The maximum atomic E-state index is 12.8. The molecule has 0 spiro atoms. The molecule has 4 nitrogen and oxygen atoms in total. The number of aromatic nitrogens is 3. The number of rotatable bonds is 2. The molecule has 0 N–H and O–H groups in total. The summed E-state index contributed by atoms with van der Waals surface area (Å²) in [6.07, 6.45) is 2.95. The van der Waals surface area contributed by atoms with Crippen molar-refractivity contribution >= 4 is 23.0 Å². The molecule has 28 heavy (non-hydrogen) atoms. The van der Waals surface area contributed by atoms with E-state index in [2.05, 4.69) is 17.1 Å². The number of benzene rings is 2. The van der Waals surface area contributed by atoms with Gasteiger partial charge < -0.3 is 0 Å². The fourth-order valence-electron chi connectivity index (χ4n) is 4.12. The topological polar surface area (TPSA) is 47.3 Å².